The van der Waals surface area contributed by atoms with Gasteiger partial charge in [0.05, 0.1) is 30.5 Å². The standard InChI is InChI=1S/C24H34F3N5O2.C21H21FN4O/c1-17(28-2)3-4-20(14-33)30-19-5-6-22(21(25)13-19)32-12-9-23(24(26,27)15-32)31-10-7-18(8-11-31)29-16-34;22-18-14-23-21(24-16-8-2-1-3-9-16)25-20(18)15-7-6-10-17(13-15)26-12-5-4-11-19(26)27/h5-6,13-14,16,18,20,23,28,30H,1,3-4,7-12,15H2,2H3,(H,29,34);4-7,10-14,16H,1-3,8-9H2,(H,23,24,25). The molecule has 2 atom stereocenters. The van der Waals surface area contributed by atoms with E-state index in [4.69, 9.17) is 0 Å². The molecule has 2 aliphatic heterocycles. The van der Waals surface area contributed by atoms with Crippen LogP contribution in [0.15, 0.2) is 90.1 Å². The van der Waals surface area contributed by atoms with Crippen LogP contribution in [0.3, 0.4) is 0 Å². The van der Waals surface area contributed by atoms with Crippen LogP contribution in [0.4, 0.5) is 34.9 Å². The van der Waals surface area contributed by atoms with Crippen LogP contribution in [-0.4, -0.2) is 95.4 Å². The van der Waals surface area contributed by atoms with E-state index in [9.17, 15) is 23.2 Å². The van der Waals surface area contributed by atoms with Gasteiger partial charge >= 0.3 is 0 Å². The number of hydrogen-bond acceptors (Lipinski definition) is 10. The molecule has 7 rings (SSSR count). The number of nitrogens with one attached hydrogen (secondary N) is 4. The molecule has 2 aromatic carbocycles. The van der Waals surface area contributed by atoms with E-state index < -0.39 is 36.2 Å². The van der Waals surface area contributed by atoms with Gasteiger partial charge in [0.1, 0.15) is 17.8 Å². The Kier molecular flexibility index (Phi) is 15.5. The second kappa shape index (κ2) is 21.2. The molecule has 0 bridgehead atoms. The van der Waals surface area contributed by atoms with E-state index in [2.05, 4.69) is 37.8 Å². The molecule has 1 amide bonds. The van der Waals surface area contributed by atoms with Gasteiger partial charge in [0.25, 0.3) is 11.5 Å². The number of aldehydes is 1. The van der Waals surface area contributed by atoms with E-state index in [1.54, 1.807) is 54.5 Å². The highest BCUT2D eigenvalue weighted by Gasteiger charge is 2.48. The highest BCUT2D eigenvalue weighted by atomic mass is 19.3. The fourth-order valence-electron chi connectivity index (χ4n) is 8.27. The minimum Gasteiger partial charge on any atom is -0.392 e. The molecule has 0 radical (unpaired) electrons. The maximum atomic E-state index is 15.1. The van der Waals surface area contributed by atoms with Gasteiger partial charge in [-0.1, -0.05) is 44.0 Å². The summed E-state index contributed by atoms with van der Waals surface area (Å²) < 4.78 is 61.0. The summed E-state index contributed by atoms with van der Waals surface area (Å²) in [6.07, 6.45) is 12.7. The van der Waals surface area contributed by atoms with Crippen molar-refractivity contribution < 1.29 is 27.2 Å². The number of aromatic nitrogens is 3. The van der Waals surface area contributed by atoms with Crippen molar-refractivity contribution in [1.82, 2.24) is 30.1 Å². The number of hydrogen-bond donors (Lipinski definition) is 4. The van der Waals surface area contributed by atoms with Crippen LogP contribution >= 0.6 is 0 Å². The SMILES string of the molecule is C=C(CCC(C=O)Nc1ccc(N2CCC(N3CCC(NC=O)CC3)C(F)(F)C2)c(F)c1)NC.O=c1ccccn1-c1cccc(-c2nc(NC3CCCCC3)ncc2F)c1. The molecule has 1 saturated carbocycles. The summed E-state index contributed by atoms with van der Waals surface area (Å²) in [5.41, 5.74) is 2.70. The summed E-state index contributed by atoms with van der Waals surface area (Å²) in [4.78, 5) is 45.7. The van der Waals surface area contributed by atoms with Crippen LogP contribution in [0.2, 0.25) is 0 Å². The molecule has 4 heterocycles. The van der Waals surface area contributed by atoms with Gasteiger partial charge < -0.3 is 31.0 Å². The number of anilines is 3. The van der Waals surface area contributed by atoms with E-state index in [1.807, 2.05) is 6.07 Å². The lowest BCUT2D eigenvalue weighted by molar-refractivity contribution is -0.111. The first kappa shape index (κ1) is 44.8. The van der Waals surface area contributed by atoms with Gasteiger partial charge in [-0.3, -0.25) is 19.1 Å². The summed E-state index contributed by atoms with van der Waals surface area (Å²) >= 11 is 0. The maximum absolute atomic E-state index is 15.1. The van der Waals surface area contributed by atoms with Crippen LogP contribution in [0, 0.1) is 11.6 Å². The molecular weight excluding hydrogens is 791 g/mol. The molecular formula is C45H55F4N9O3. The number of pyridine rings is 1. The zero-order chi connectivity index (χ0) is 43.4. The summed E-state index contributed by atoms with van der Waals surface area (Å²) in [6, 6.07) is 15.4. The van der Waals surface area contributed by atoms with Crippen LogP contribution in [0.25, 0.3) is 16.9 Å². The Hall–Kier alpha value is -5.77. The molecule has 2 saturated heterocycles. The van der Waals surface area contributed by atoms with E-state index in [0.717, 1.165) is 24.8 Å². The van der Waals surface area contributed by atoms with Gasteiger partial charge in [-0.15, -0.1) is 0 Å². The van der Waals surface area contributed by atoms with E-state index in [0.29, 0.717) is 80.7 Å². The second-order valence-corrected chi connectivity index (χ2v) is 15.9. The van der Waals surface area contributed by atoms with Crippen molar-refractivity contribution in [2.75, 3.05) is 48.8 Å². The van der Waals surface area contributed by atoms with Gasteiger partial charge in [0.2, 0.25) is 12.4 Å². The zero-order valence-corrected chi connectivity index (χ0v) is 34.5. The number of carbonyl (C=O) groups is 2. The fourth-order valence-corrected chi connectivity index (χ4v) is 8.27. The topological polar surface area (TPSA) is 137 Å². The minimum absolute atomic E-state index is 0.0321. The zero-order valence-electron chi connectivity index (χ0n) is 34.5. The van der Waals surface area contributed by atoms with Crippen LogP contribution < -0.4 is 31.7 Å². The van der Waals surface area contributed by atoms with Crippen molar-refractivity contribution in [3.63, 3.8) is 0 Å². The largest absolute Gasteiger partial charge is 0.392 e. The van der Waals surface area contributed by atoms with Gasteiger partial charge in [-0.05, 0) is 81.3 Å². The lowest BCUT2D eigenvalue weighted by Gasteiger charge is -2.46. The van der Waals surface area contributed by atoms with Crippen molar-refractivity contribution in [3.8, 4) is 16.9 Å². The number of piperidine rings is 2. The first-order chi connectivity index (χ1) is 29.5. The van der Waals surface area contributed by atoms with Crippen molar-refractivity contribution in [1.29, 1.82) is 0 Å². The number of halogens is 4. The molecule has 4 aromatic rings. The lowest BCUT2D eigenvalue weighted by atomic mass is 9.94. The Morgan fingerprint density at radius 3 is 2.41 bits per heavy atom. The average Bonchev–Trinajstić information content (AvgIpc) is 3.26. The summed E-state index contributed by atoms with van der Waals surface area (Å²) in [5, 5.41) is 11.9. The Morgan fingerprint density at radius 1 is 0.934 bits per heavy atom. The van der Waals surface area contributed by atoms with Gasteiger partial charge in [0, 0.05) is 73.7 Å². The molecule has 326 valence electrons. The third-order valence-electron chi connectivity index (χ3n) is 11.7. The minimum atomic E-state index is -3.00. The predicted octanol–water partition coefficient (Wildman–Crippen LogP) is 6.92. The number of nitrogens with zero attached hydrogens (tertiary/aromatic N) is 5. The normalized spacial score (nSPS) is 18.8. The number of allylic oxidation sites excluding steroid dienone is 1. The van der Waals surface area contributed by atoms with Gasteiger partial charge in [-0.25, -0.2) is 27.5 Å². The summed E-state index contributed by atoms with van der Waals surface area (Å²) in [6.45, 7) is 4.58. The Bertz CT molecular complexity index is 2160. The highest BCUT2D eigenvalue weighted by molar-refractivity contribution is 5.66. The molecule has 16 heteroatoms. The number of amides is 1. The second-order valence-electron chi connectivity index (χ2n) is 15.9. The molecule has 2 aromatic heterocycles. The van der Waals surface area contributed by atoms with Crippen molar-refractivity contribution in [3.05, 3.63) is 107 Å². The molecule has 4 N–H and O–H groups in total. The van der Waals surface area contributed by atoms with E-state index in [-0.39, 0.29) is 29.4 Å². The average molecular weight is 846 g/mol. The lowest BCUT2D eigenvalue weighted by Crippen LogP contribution is -2.60. The van der Waals surface area contributed by atoms with Crippen LogP contribution in [0.1, 0.15) is 64.2 Å². The first-order valence-electron chi connectivity index (χ1n) is 21.0. The van der Waals surface area contributed by atoms with Crippen molar-refractivity contribution >= 4 is 30.0 Å². The number of alkyl halides is 2. The summed E-state index contributed by atoms with van der Waals surface area (Å²) in [5.74, 6) is -3.64. The van der Waals surface area contributed by atoms with E-state index >= 15 is 8.78 Å². The molecule has 3 fully saturated rings. The highest BCUT2D eigenvalue weighted by Crippen LogP contribution is 2.36. The molecule has 12 nitrogen and oxygen atoms in total. The van der Waals surface area contributed by atoms with Crippen molar-refractivity contribution in [2.45, 2.75) is 94.3 Å². The number of rotatable bonds is 15. The fraction of sp³-hybridized carbons (Fsp3) is 0.444. The number of likely N-dealkylation sites (tertiary alicyclic amines) is 1. The van der Waals surface area contributed by atoms with Crippen LogP contribution in [0.5, 0.6) is 0 Å². The smallest absolute Gasteiger partial charge is 0.280 e. The van der Waals surface area contributed by atoms with E-state index in [1.165, 1.54) is 53.1 Å². The maximum Gasteiger partial charge on any atom is 0.280 e. The number of benzene rings is 2. The Labute approximate surface area is 353 Å². The summed E-state index contributed by atoms with van der Waals surface area (Å²) in [7, 11) is 1.75. The van der Waals surface area contributed by atoms with Crippen LogP contribution in [-0.2, 0) is 9.59 Å². The van der Waals surface area contributed by atoms with Crippen molar-refractivity contribution in [2.24, 2.45) is 0 Å². The van der Waals surface area contributed by atoms with Gasteiger partial charge in [-0.2, -0.15) is 0 Å². The predicted molar refractivity (Wildman–Crippen MR) is 230 cm³/mol. The Morgan fingerprint density at radius 2 is 1.72 bits per heavy atom. The molecule has 0 spiro atoms. The third kappa shape index (κ3) is 12.0. The molecule has 2 unspecified atom stereocenters. The molecule has 1 aliphatic carbocycles. The molecule has 3 aliphatic rings. The monoisotopic (exact) mass is 845 g/mol. The molecule has 61 heavy (non-hydrogen) atoms. The third-order valence-corrected chi connectivity index (χ3v) is 11.7. The number of carbonyl (C=O) groups excluding carboxylic acids is 2. The first-order valence-corrected chi connectivity index (χ1v) is 21.0. The Balaban J connectivity index is 0.000000209. The van der Waals surface area contributed by atoms with Gasteiger partial charge in [0.15, 0.2) is 5.82 Å². The quantitative estimate of drug-likeness (QED) is 0.0738.